The Morgan fingerprint density at radius 1 is 1.19 bits per heavy atom. The number of aromatic nitrogens is 1. The smallest absolute Gasteiger partial charge is 0.345 e. The molecule has 0 unspecified atom stereocenters. The minimum Gasteiger partial charge on any atom is -0.422 e. The van der Waals surface area contributed by atoms with E-state index in [-0.39, 0.29) is 5.82 Å². The molecule has 0 bridgehead atoms. The van der Waals surface area contributed by atoms with Crippen LogP contribution in [0.1, 0.15) is 10.6 Å². The van der Waals surface area contributed by atoms with Crippen LogP contribution in [0, 0.1) is 17.1 Å². The topological polar surface area (TPSA) is 66.9 Å². The van der Waals surface area contributed by atoms with E-state index >= 15 is 0 Å². The molecule has 2 aromatic heterocycles. The molecule has 4 nitrogen and oxygen atoms in total. The van der Waals surface area contributed by atoms with Gasteiger partial charge in [-0.2, -0.15) is 5.26 Å². The molecule has 0 radical (unpaired) electrons. The van der Waals surface area contributed by atoms with Crippen molar-refractivity contribution in [1.29, 1.82) is 5.26 Å². The normalized spacial score (nSPS) is 11.5. The maximum Gasteiger partial charge on any atom is 0.345 e. The molecule has 2 heterocycles. The number of hydrogen-bond donors (Lipinski definition) is 0. The average Bonchev–Trinajstić information content (AvgIpc) is 3.15. The third-order valence-corrected chi connectivity index (χ3v) is 4.81. The minimum absolute atomic E-state index is 0.294. The first-order valence-electron chi connectivity index (χ1n) is 8.00. The SMILES string of the molecule is N#CC(=Cc1cccc(F)c1)c1nc(-c2cc3ccccc3oc2=O)cs1. The highest BCUT2D eigenvalue weighted by Crippen LogP contribution is 2.27. The molecule has 0 saturated heterocycles. The summed E-state index contributed by atoms with van der Waals surface area (Å²) in [4.78, 5) is 16.7. The van der Waals surface area contributed by atoms with E-state index in [9.17, 15) is 14.4 Å². The number of nitrogens with zero attached hydrogens (tertiary/aromatic N) is 2. The summed E-state index contributed by atoms with van der Waals surface area (Å²) >= 11 is 1.24. The van der Waals surface area contributed by atoms with Crippen LogP contribution in [0.5, 0.6) is 0 Å². The van der Waals surface area contributed by atoms with Gasteiger partial charge >= 0.3 is 5.63 Å². The predicted octanol–water partition coefficient (Wildman–Crippen LogP) is 5.12. The summed E-state index contributed by atoms with van der Waals surface area (Å²) in [6.07, 6.45) is 1.56. The van der Waals surface area contributed by atoms with Gasteiger partial charge in [-0.15, -0.1) is 11.3 Å². The van der Waals surface area contributed by atoms with E-state index in [1.165, 1.54) is 23.5 Å². The Bertz CT molecular complexity index is 1280. The lowest BCUT2D eigenvalue weighted by Crippen LogP contribution is -2.02. The highest BCUT2D eigenvalue weighted by Gasteiger charge is 2.13. The molecule has 27 heavy (non-hydrogen) atoms. The molecule has 4 rings (SSSR count). The van der Waals surface area contributed by atoms with Gasteiger partial charge in [0.25, 0.3) is 0 Å². The van der Waals surface area contributed by atoms with Crippen LogP contribution in [0.25, 0.3) is 33.9 Å². The number of thiazole rings is 1. The van der Waals surface area contributed by atoms with Crippen molar-refractivity contribution in [2.45, 2.75) is 0 Å². The fourth-order valence-electron chi connectivity index (χ4n) is 2.67. The van der Waals surface area contributed by atoms with Gasteiger partial charge in [-0.25, -0.2) is 14.2 Å². The van der Waals surface area contributed by atoms with E-state index in [4.69, 9.17) is 4.42 Å². The third-order valence-electron chi connectivity index (χ3n) is 3.93. The van der Waals surface area contributed by atoms with Crippen molar-refractivity contribution < 1.29 is 8.81 Å². The van der Waals surface area contributed by atoms with Gasteiger partial charge in [-0.05, 0) is 35.9 Å². The summed E-state index contributed by atoms with van der Waals surface area (Å²) in [7, 11) is 0. The van der Waals surface area contributed by atoms with Crippen LogP contribution in [0.2, 0.25) is 0 Å². The molecule has 0 N–H and O–H groups in total. The van der Waals surface area contributed by atoms with Crippen molar-refractivity contribution in [1.82, 2.24) is 4.98 Å². The number of halogens is 1. The monoisotopic (exact) mass is 374 g/mol. The summed E-state index contributed by atoms with van der Waals surface area (Å²) in [5.74, 6) is -0.380. The Morgan fingerprint density at radius 2 is 2.04 bits per heavy atom. The molecule has 0 aliphatic heterocycles. The van der Waals surface area contributed by atoms with E-state index < -0.39 is 5.63 Å². The van der Waals surface area contributed by atoms with Crippen LogP contribution >= 0.6 is 11.3 Å². The second-order valence-electron chi connectivity index (χ2n) is 5.75. The number of rotatable bonds is 3. The zero-order valence-corrected chi connectivity index (χ0v) is 14.7. The Balaban J connectivity index is 1.76. The first kappa shape index (κ1) is 16.9. The van der Waals surface area contributed by atoms with Crippen molar-refractivity contribution in [2.75, 3.05) is 0 Å². The number of para-hydroxylation sites is 1. The zero-order valence-electron chi connectivity index (χ0n) is 13.8. The van der Waals surface area contributed by atoms with Crippen molar-refractivity contribution in [3.63, 3.8) is 0 Å². The minimum atomic E-state index is -0.488. The lowest BCUT2D eigenvalue weighted by molar-refractivity contribution is 0.563. The number of benzene rings is 2. The molecule has 0 amide bonds. The second-order valence-corrected chi connectivity index (χ2v) is 6.61. The van der Waals surface area contributed by atoms with Gasteiger partial charge < -0.3 is 4.42 Å². The first-order valence-corrected chi connectivity index (χ1v) is 8.88. The maximum absolute atomic E-state index is 13.4. The van der Waals surface area contributed by atoms with Crippen molar-refractivity contribution in [3.8, 4) is 17.3 Å². The molecule has 6 heteroatoms. The van der Waals surface area contributed by atoms with Gasteiger partial charge in [0.15, 0.2) is 0 Å². The van der Waals surface area contributed by atoms with E-state index in [0.29, 0.717) is 33.0 Å². The molecule has 0 aliphatic carbocycles. The molecule has 0 fully saturated rings. The van der Waals surface area contributed by atoms with E-state index in [1.807, 2.05) is 12.1 Å². The van der Waals surface area contributed by atoms with Gasteiger partial charge in [0.1, 0.15) is 22.5 Å². The van der Waals surface area contributed by atoms with Crippen LogP contribution in [0.3, 0.4) is 0 Å². The fourth-order valence-corrected chi connectivity index (χ4v) is 3.45. The molecule has 0 atom stereocenters. The second kappa shape index (κ2) is 6.98. The Morgan fingerprint density at radius 3 is 2.85 bits per heavy atom. The molecule has 2 aromatic carbocycles. The number of fused-ring (bicyclic) bond motifs is 1. The van der Waals surface area contributed by atoms with Crippen LogP contribution < -0.4 is 5.63 Å². The van der Waals surface area contributed by atoms with E-state index in [2.05, 4.69) is 11.1 Å². The highest BCUT2D eigenvalue weighted by molar-refractivity contribution is 7.11. The third kappa shape index (κ3) is 3.41. The standard InChI is InChI=1S/C21H11FN2O2S/c22-16-6-3-4-13(9-16)8-15(11-23)20-24-18(12-27-20)17-10-14-5-1-2-7-19(14)26-21(17)25/h1-10,12H. The fraction of sp³-hybridized carbons (Fsp3) is 0. The summed E-state index contributed by atoms with van der Waals surface area (Å²) in [5.41, 5.74) is 1.65. The van der Waals surface area contributed by atoms with Crippen molar-refractivity contribution in [2.24, 2.45) is 0 Å². The Labute approximate surface area is 157 Å². The number of nitriles is 1. The molecular weight excluding hydrogens is 363 g/mol. The van der Waals surface area contributed by atoms with Gasteiger partial charge in [-0.3, -0.25) is 0 Å². The lowest BCUT2D eigenvalue weighted by atomic mass is 10.1. The number of hydrogen-bond acceptors (Lipinski definition) is 5. The van der Waals surface area contributed by atoms with Crippen LogP contribution in [0.4, 0.5) is 4.39 Å². The molecule has 4 aromatic rings. The van der Waals surface area contributed by atoms with Gasteiger partial charge in [0, 0.05) is 10.8 Å². The van der Waals surface area contributed by atoms with E-state index in [0.717, 1.165) is 5.39 Å². The Hall–Kier alpha value is -3.56. The molecule has 0 spiro atoms. The summed E-state index contributed by atoms with van der Waals surface area (Å²) in [6, 6.07) is 17.0. The number of allylic oxidation sites excluding steroid dienone is 1. The molecule has 0 aliphatic rings. The quantitative estimate of drug-likeness (QED) is 0.369. The maximum atomic E-state index is 13.4. The van der Waals surface area contributed by atoms with Gasteiger partial charge in [0.05, 0.1) is 16.8 Å². The van der Waals surface area contributed by atoms with Crippen LogP contribution in [0.15, 0.2) is 69.2 Å². The van der Waals surface area contributed by atoms with Gasteiger partial charge in [0.2, 0.25) is 0 Å². The van der Waals surface area contributed by atoms with Crippen molar-refractivity contribution >= 4 is 34.0 Å². The largest absolute Gasteiger partial charge is 0.422 e. The molecule has 130 valence electrons. The van der Waals surface area contributed by atoms with Crippen LogP contribution in [-0.2, 0) is 0 Å². The average molecular weight is 374 g/mol. The predicted molar refractivity (Wildman–Crippen MR) is 103 cm³/mol. The molecule has 0 saturated carbocycles. The van der Waals surface area contributed by atoms with Crippen molar-refractivity contribution in [3.05, 3.63) is 86.8 Å². The van der Waals surface area contributed by atoms with Gasteiger partial charge in [-0.1, -0.05) is 30.3 Å². The summed E-state index contributed by atoms with van der Waals surface area (Å²) in [6.45, 7) is 0. The van der Waals surface area contributed by atoms with E-state index in [1.54, 1.807) is 41.8 Å². The summed E-state index contributed by atoms with van der Waals surface area (Å²) in [5, 5.41) is 12.4. The first-order chi connectivity index (χ1) is 13.1. The van der Waals surface area contributed by atoms with Crippen LogP contribution in [-0.4, -0.2) is 4.98 Å². The Kier molecular flexibility index (Phi) is 4.37. The zero-order chi connectivity index (χ0) is 18.8. The highest BCUT2D eigenvalue weighted by atomic mass is 32.1. The molecular formula is C21H11FN2O2S. The lowest BCUT2D eigenvalue weighted by Gasteiger charge is -1.99. The summed E-state index contributed by atoms with van der Waals surface area (Å²) < 4.78 is 18.7.